The van der Waals surface area contributed by atoms with E-state index in [9.17, 15) is 23.6 Å². The number of ether oxygens (including phenoxy) is 1. The molecule has 12 heteroatoms. The monoisotopic (exact) mass is 520 g/mol. The molecule has 4 amide bonds. The molecule has 2 aliphatic heterocycles. The van der Waals surface area contributed by atoms with Crippen LogP contribution in [0.25, 0.3) is 0 Å². The van der Waals surface area contributed by atoms with E-state index in [0.717, 1.165) is 6.07 Å². The van der Waals surface area contributed by atoms with Crippen molar-refractivity contribution in [3.63, 3.8) is 0 Å². The lowest BCUT2D eigenvalue weighted by Gasteiger charge is -2.37. The number of benzene rings is 1. The molecule has 0 aliphatic carbocycles. The fraction of sp³-hybridized carbons (Fsp3) is 0.600. The summed E-state index contributed by atoms with van der Waals surface area (Å²) in [5.74, 6) is -2.02. The quantitative estimate of drug-likeness (QED) is 0.544. The topological polar surface area (TPSA) is 115 Å². The number of nitrogens with zero attached hydrogens (tertiary/aromatic N) is 4. The number of rotatable bonds is 4. The molecule has 0 bridgehead atoms. The van der Waals surface area contributed by atoms with Gasteiger partial charge in [0.15, 0.2) is 0 Å². The van der Waals surface area contributed by atoms with Crippen LogP contribution in [0.5, 0.6) is 5.75 Å². The van der Waals surface area contributed by atoms with Crippen molar-refractivity contribution < 1.29 is 28.3 Å². The molecule has 0 spiro atoms. The third-order valence-corrected chi connectivity index (χ3v) is 6.65. The van der Waals surface area contributed by atoms with Crippen molar-refractivity contribution >= 4 is 23.6 Å². The predicted molar refractivity (Wildman–Crippen MR) is 135 cm³/mol. The van der Waals surface area contributed by atoms with Gasteiger partial charge in [-0.05, 0) is 38.7 Å². The maximum Gasteiger partial charge on any atom is 0.258 e. The smallest absolute Gasteiger partial charge is 0.258 e. The number of halogens is 1. The summed E-state index contributed by atoms with van der Waals surface area (Å²) in [6.07, 6.45) is -0.0141. The van der Waals surface area contributed by atoms with Crippen molar-refractivity contribution in [2.24, 2.45) is 0 Å². The Labute approximate surface area is 216 Å². The van der Waals surface area contributed by atoms with E-state index >= 15 is 0 Å². The number of hydrogen-bond donors (Lipinski definition) is 2. The second-order valence-corrected chi connectivity index (χ2v) is 9.71. The van der Waals surface area contributed by atoms with Crippen LogP contribution in [-0.4, -0.2) is 129 Å². The molecule has 1 fully saturated rings. The maximum absolute atomic E-state index is 14.2. The predicted octanol–water partition coefficient (Wildman–Crippen LogP) is -0.624. The minimum atomic E-state index is -0.987. The molecule has 1 aromatic rings. The molecule has 204 valence electrons. The Morgan fingerprint density at radius 1 is 1.22 bits per heavy atom. The lowest BCUT2D eigenvalue weighted by atomic mass is 10.1. The van der Waals surface area contributed by atoms with E-state index in [0.29, 0.717) is 32.7 Å². The second kappa shape index (κ2) is 12.8. The molecule has 1 aromatic carbocycles. The normalized spacial score (nSPS) is 22.1. The molecule has 0 aromatic heterocycles. The summed E-state index contributed by atoms with van der Waals surface area (Å²) in [4.78, 5) is 58.7. The van der Waals surface area contributed by atoms with Crippen LogP contribution in [-0.2, 0) is 14.4 Å². The number of fused-ring (bicyclic) bond motifs is 2. The SMILES string of the molecule is CN(C)CCNC(=O)[C@H]1CCC(=O)N(C)CC(=O)N2CCNC[C@@H]2COc2ccc(F)cc2C(=O)N1C. The van der Waals surface area contributed by atoms with Crippen LogP contribution in [0.4, 0.5) is 4.39 Å². The Kier molecular flexibility index (Phi) is 9.81. The van der Waals surface area contributed by atoms with Crippen LogP contribution in [0.2, 0.25) is 0 Å². The second-order valence-electron chi connectivity index (χ2n) is 9.71. The van der Waals surface area contributed by atoms with E-state index in [1.807, 2.05) is 19.0 Å². The van der Waals surface area contributed by atoms with E-state index in [4.69, 9.17) is 4.74 Å². The summed E-state index contributed by atoms with van der Waals surface area (Å²) < 4.78 is 20.2. The lowest BCUT2D eigenvalue weighted by Crippen LogP contribution is -2.57. The van der Waals surface area contributed by atoms with E-state index < -0.39 is 23.7 Å². The fourth-order valence-electron chi connectivity index (χ4n) is 4.40. The van der Waals surface area contributed by atoms with E-state index in [1.165, 1.54) is 29.0 Å². The van der Waals surface area contributed by atoms with Gasteiger partial charge in [-0.25, -0.2) is 4.39 Å². The Bertz CT molecular complexity index is 1010. The molecule has 2 atom stereocenters. The first kappa shape index (κ1) is 28.3. The van der Waals surface area contributed by atoms with Gasteiger partial charge in [0.05, 0.1) is 18.2 Å². The minimum Gasteiger partial charge on any atom is -0.491 e. The number of carbonyl (C=O) groups excluding carboxylic acids is 4. The van der Waals surface area contributed by atoms with Crippen LogP contribution in [0, 0.1) is 5.82 Å². The first-order chi connectivity index (χ1) is 17.6. The van der Waals surface area contributed by atoms with E-state index in [2.05, 4.69) is 10.6 Å². The fourth-order valence-corrected chi connectivity index (χ4v) is 4.40. The van der Waals surface area contributed by atoms with Crippen molar-refractivity contribution in [3.05, 3.63) is 29.6 Å². The third-order valence-electron chi connectivity index (χ3n) is 6.65. The lowest BCUT2D eigenvalue weighted by molar-refractivity contribution is -0.142. The van der Waals surface area contributed by atoms with Crippen molar-refractivity contribution in [1.82, 2.24) is 30.2 Å². The average Bonchev–Trinajstić information content (AvgIpc) is 2.86. The maximum atomic E-state index is 14.2. The molecule has 0 saturated carbocycles. The number of nitrogens with one attached hydrogen (secondary N) is 2. The molecule has 37 heavy (non-hydrogen) atoms. The average molecular weight is 521 g/mol. The highest BCUT2D eigenvalue weighted by Gasteiger charge is 2.33. The first-order valence-corrected chi connectivity index (χ1v) is 12.4. The molecule has 0 radical (unpaired) electrons. The van der Waals surface area contributed by atoms with Gasteiger partial charge in [0.2, 0.25) is 17.7 Å². The zero-order valence-electron chi connectivity index (χ0n) is 22.0. The number of piperazine rings is 1. The van der Waals surface area contributed by atoms with Gasteiger partial charge in [-0.2, -0.15) is 0 Å². The van der Waals surface area contributed by atoms with Gasteiger partial charge in [0.25, 0.3) is 5.91 Å². The first-order valence-electron chi connectivity index (χ1n) is 12.4. The molecular formula is C25H37FN6O5. The number of likely N-dealkylation sites (N-methyl/N-ethyl adjacent to an activating group) is 3. The Morgan fingerprint density at radius 2 is 1.97 bits per heavy atom. The van der Waals surface area contributed by atoms with Crippen molar-refractivity contribution in [3.8, 4) is 5.75 Å². The zero-order valence-corrected chi connectivity index (χ0v) is 22.0. The van der Waals surface area contributed by atoms with Gasteiger partial charge >= 0.3 is 0 Å². The highest BCUT2D eigenvalue weighted by Crippen LogP contribution is 2.24. The highest BCUT2D eigenvalue weighted by molar-refractivity contribution is 5.99. The molecule has 2 N–H and O–H groups in total. The van der Waals surface area contributed by atoms with Crippen LogP contribution in [0.1, 0.15) is 23.2 Å². The summed E-state index contributed by atoms with van der Waals surface area (Å²) in [7, 11) is 6.74. The van der Waals surface area contributed by atoms with E-state index in [-0.39, 0.29) is 55.2 Å². The number of carbonyl (C=O) groups is 4. The molecule has 0 unspecified atom stereocenters. The molecule has 11 nitrogen and oxygen atoms in total. The number of hydrogen-bond acceptors (Lipinski definition) is 7. The van der Waals surface area contributed by atoms with Crippen LogP contribution in [0.15, 0.2) is 18.2 Å². The summed E-state index contributed by atoms with van der Waals surface area (Å²) >= 11 is 0. The number of amides is 4. The van der Waals surface area contributed by atoms with Gasteiger partial charge in [0.1, 0.15) is 24.2 Å². The van der Waals surface area contributed by atoms with E-state index in [1.54, 1.807) is 11.9 Å². The highest BCUT2D eigenvalue weighted by atomic mass is 19.1. The Balaban J connectivity index is 1.94. The molecule has 1 saturated heterocycles. The molecular weight excluding hydrogens is 483 g/mol. The zero-order chi connectivity index (χ0) is 27.1. The minimum absolute atomic E-state index is 0.0337. The van der Waals surface area contributed by atoms with Gasteiger partial charge in [0, 0.05) is 53.2 Å². The van der Waals surface area contributed by atoms with Crippen LogP contribution >= 0.6 is 0 Å². The Hall–Kier alpha value is -3.25. The summed E-state index contributed by atoms with van der Waals surface area (Å²) in [5.41, 5.74) is -0.0337. The van der Waals surface area contributed by atoms with Crippen LogP contribution < -0.4 is 15.4 Å². The molecule has 3 rings (SSSR count). The van der Waals surface area contributed by atoms with Gasteiger partial charge in [-0.1, -0.05) is 0 Å². The van der Waals surface area contributed by atoms with Gasteiger partial charge in [-0.15, -0.1) is 0 Å². The third kappa shape index (κ3) is 7.39. The molecule has 2 aliphatic rings. The standard InChI is InChI=1S/C25H37FN6O5/c1-29(2)11-10-28-24(35)20-6-8-22(33)30(3)15-23(34)32-12-9-27-14-18(32)16-37-21-7-5-17(26)13-19(21)25(36)31(20)4/h5,7,13,18,20,27H,6,8-12,14-16H2,1-4H3,(H,28,35)/t18-,20-/m1/s1. The van der Waals surface area contributed by atoms with Gasteiger partial charge in [-0.3, -0.25) is 19.2 Å². The summed E-state index contributed by atoms with van der Waals surface area (Å²) in [5, 5.41) is 6.03. The Morgan fingerprint density at radius 3 is 2.70 bits per heavy atom. The summed E-state index contributed by atoms with van der Waals surface area (Å²) in [6.45, 7) is 2.44. The molecule has 2 heterocycles. The van der Waals surface area contributed by atoms with Crippen molar-refractivity contribution in [1.29, 1.82) is 0 Å². The van der Waals surface area contributed by atoms with Crippen molar-refractivity contribution in [2.75, 3.05) is 74.1 Å². The largest absolute Gasteiger partial charge is 0.491 e. The van der Waals surface area contributed by atoms with Crippen LogP contribution in [0.3, 0.4) is 0 Å². The van der Waals surface area contributed by atoms with Crippen molar-refractivity contribution in [2.45, 2.75) is 24.9 Å². The van der Waals surface area contributed by atoms with Gasteiger partial charge < -0.3 is 35.0 Å². The summed E-state index contributed by atoms with van der Waals surface area (Å²) in [6, 6.07) is 2.33.